The first-order valence-electron chi connectivity index (χ1n) is 8.86. The number of amides is 2. The number of ether oxygens (including phenoxy) is 1. The molecule has 2 aliphatic heterocycles. The van der Waals surface area contributed by atoms with E-state index in [0.29, 0.717) is 32.5 Å². The lowest BCUT2D eigenvalue weighted by atomic mass is 9.83. The van der Waals surface area contributed by atoms with Crippen molar-refractivity contribution in [3.05, 3.63) is 30.2 Å². The van der Waals surface area contributed by atoms with Gasteiger partial charge in [0.05, 0.1) is 17.4 Å². The van der Waals surface area contributed by atoms with E-state index in [1.807, 2.05) is 40.8 Å². The summed E-state index contributed by atoms with van der Waals surface area (Å²) in [6, 6.07) is 3.65. The zero-order valence-electron chi connectivity index (χ0n) is 14.4. The van der Waals surface area contributed by atoms with Crippen LogP contribution in [0.4, 0.5) is 10.5 Å². The molecule has 2 aromatic heterocycles. The molecule has 134 valence electrons. The van der Waals surface area contributed by atoms with E-state index >= 15 is 0 Å². The molecule has 2 N–H and O–H groups in total. The second-order valence-electron chi connectivity index (χ2n) is 7.16. The Morgan fingerprint density at radius 2 is 2.24 bits per heavy atom. The molecule has 7 heteroatoms. The molecule has 2 aliphatic rings. The fourth-order valence-electron chi connectivity index (χ4n) is 3.86. The number of anilines is 1. The molecule has 2 aromatic rings. The van der Waals surface area contributed by atoms with E-state index < -0.39 is 0 Å². The van der Waals surface area contributed by atoms with Crippen molar-refractivity contribution in [1.82, 2.24) is 14.3 Å². The third-order valence-corrected chi connectivity index (χ3v) is 5.26. The number of aliphatic hydroxyl groups excluding tert-OH is 1. The average molecular weight is 344 g/mol. The number of likely N-dealkylation sites (tertiary alicyclic amines) is 1. The van der Waals surface area contributed by atoms with Crippen LogP contribution in [-0.4, -0.2) is 56.8 Å². The van der Waals surface area contributed by atoms with E-state index in [1.54, 1.807) is 0 Å². The summed E-state index contributed by atoms with van der Waals surface area (Å²) in [5.41, 5.74) is 2.26. The average Bonchev–Trinajstić information content (AvgIpc) is 2.94. The van der Waals surface area contributed by atoms with Crippen molar-refractivity contribution in [1.29, 1.82) is 0 Å². The Balaban J connectivity index is 1.38. The molecule has 1 unspecified atom stereocenters. The molecule has 25 heavy (non-hydrogen) atoms. The van der Waals surface area contributed by atoms with E-state index in [-0.39, 0.29) is 17.7 Å². The lowest BCUT2D eigenvalue weighted by Crippen LogP contribution is -2.52. The molecule has 7 nitrogen and oxygen atoms in total. The summed E-state index contributed by atoms with van der Waals surface area (Å²) in [7, 11) is 0. The standard InChI is InChI=1S/C18H24N4O3/c1-13-12-22-6-2-14(10-16(22)19-13)20-17(24)21-7-4-18(5-8-21)11-15(23)3-9-25-18/h2,6,10,12,15,23H,3-5,7-9,11H2,1H3,(H,20,24). The van der Waals surface area contributed by atoms with Crippen molar-refractivity contribution in [3.8, 4) is 0 Å². The van der Waals surface area contributed by atoms with Crippen LogP contribution in [0.15, 0.2) is 24.5 Å². The van der Waals surface area contributed by atoms with Gasteiger partial charge in [-0.25, -0.2) is 9.78 Å². The zero-order valence-corrected chi connectivity index (χ0v) is 14.4. The number of aromatic nitrogens is 2. The smallest absolute Gasteiger partial charge is 0.321 e. The monoisotopic (exact) mass is 344 g/mol. The van der Waals surface area contributed by atoms with Crippen LogP contribution < -0.4 is 5.32 Å². The van der Waals surface area contributed by atoms with Gasteiger partial charge in [0.2, 0.25) is 0 Å². The largest absolute Gasteiger partial charge is 0.393 e. The van der Waals surface area contributed by atoms with Crippen LogP contribution in [0.2, 0.25) is 0 Å². The van der Waals surface area contributed by atoms with Crippen molar-refractivity contribution >= 4 is 17.4 Å². The number of hydrogen-bond acceptors (Lipinski definition) is 4. The number of urea groups is 1. The molecule has 1 atom stereocenters. The first-order chi connectivity index (χ1) is 12.0. The molecule has 0 radical (unpaired) electrons. The second kappa shape index (κ2) is 6.31. The molecule has 1 spiro atoms. The van der Waals surface area contributed by atoms with E-state index in [4.69, 9.17) is 4.74 Å². The topological polar surface area (TPSA) is 79.1 Å². The molecule has 2 fully saturated rings. The Hall–Kier alpha value is -2.12. The van der Waals surface area contributed by atoms with Crippen LogP contribution in [0, 0.1) is 6.92 Å². The van der Waals surface area contributed by atoms with Crippen LogP contribution >= 0.6 is 0 Å². The molecule has 4 heterocycles. The molecule has 2 saturated heterocycles. The Kier molecular flexibility index (Phi) is 4.13. The number of carbonyl (C=O) groups excluding carboxylic acids is 1. The molecule has 0 saturated carbocycles. The second-order valence-corrected chi connectivity index (χ2v) is 7.16. The first kappa shape index (κ1) is 16.4. The van der Waals surface area contributed by atoms with Crippen LogP contribution in [0.25, 0.3) is 5.65 Å². The number of fused-ring (bicyclic) bond motifs is 1. The van der Waals surface area contributed by atoms with Gasteiger partial charge in [-0.1, -0.05) is 0 Å². The number of hydrogen-bond donors (Lipinski definition) is 2. The summed E-state index contributed by atoms with van der Waals surface area (Å²) >= 11 is 0. The SMILES string of the molecule is Cc1cn2ccc(NC(=O)N3CCC4(CC3)CC(O)CCO4)cc2n1. The number of nitrogens with zero attached hydrogens (tertiary/aromatic N) is 3. The number of aryl methyl sites for hydroxylation is 1. The van der Waals surface area contributed by atoms with E-state index in [0.717, 1.165) is 29.9 Å². The summed E-state index contributed by atoms with van der Waals surface area (Å²) in [5.74, 6) is 0. The van der Waals surface area contributed by atoms with E-state index in [9.17, 15) is 9.90 Å². The van der Waals surface area contributed by atoms with Gasteiger partial charge in [0.25, 0.3) is 0 Å². The highest BCUT2D eigenvalue weighted by atomic mass is 16.5. The maximum absolute atomic E-state index is 12.5. The van der Waals surface area contributed by atoms with Crippen molar-refractivity contribution in [2.24, 2.45) is 0 Å². The van der Waals surface area contributed by atoms with Crippen molar-refractivity contribution in [2.75, 3.05) is 25.0 Å². The summed E-state index contributed by atoms with van der Waals surface area (Å²) in [6.07, 6.45) is 6.50. The minimum atomic E-state index is -0.279. The number of carbonyl (C=O) groups is 1. The van der Waals surface area contributed by atoms with Gasteiger partial charge in [-0.05, 0) is 32.3 Å². The summed E-state index contributed by atoms with van der Waals surface area (Å²) in [6.45, 7) is 3.84. The van der Waals surface area contributed by atoms with Crippen LogP contribution in [0.1, 0.15) is 31.4 Å². The third kappa shape index (κ3) is 3.34. The molecule has 0 aromatic carbocycles. The predicted octanol–water partition coefficient (Wildman–Crippen LogP) is 2.18. The van der Waals surface area contributed by atoms with Gasteiger partial charge >= 0.3 is 6.03 Å². The van der Waals surface area contributed by atoms with Crippen LogP contribution in [-0.2, 0) is 4.74 Å². The molecular weight excluding hydrogens is 320 g/mol. The van der Waals surface area contributed by atoms with Crippen LogP contribution in [0.3, 0.4) is 0 Å². The minimum absolute atomic E-state index is 0.0983. The van der Waals surface area contributed by atoms with Gasteiger partial charge in [0, 0.05) is 50.3 Å². The molecule has 0 bridgehead atoms. The normalized spacial score (nSPS) is 23.1. The predicted molar refractivity (Wildman–Crippen MR) is 93.7 cm³/mol. The number of nitrogens with one attached hydrogen (secondary N) is 1. The van der Waals surface area contributed by atoms with E-state index in [2.05, 4.69) is 10.3 Å². The molecule has 2 amide bonds. The highest BCUT2D eigenvalue weighted by molar-refractivity contribution is 5.89. The lowest BCUT2D eigenvalue weighted by molar-refractivity contribution is -0.139. The molecular formula is C18H24N4O3. The molecule has 0 aliphatic carbocycles. The molecule has 4 rings (SSSR count). The maximum Gasteiger partial charge on any atom is 0.321 e. The lowest BCUT2D eigenvalue weighted by Gasteiger charge is -2.45. The quantitative estimate of drug-likeness (QED) is 0.831. The Morgan fingerprint density at radius 1 is 1.44 bits per heavy atom. The Bertz CT molecular complexity index is 780. The zero-order chi connectivity index (χ0) is 17.4. The van der Waals surface area contributed by atoms with Crippen molar-refractivity contribution < 1.29 is 14.6 Å². The number of imidazole rings is 1. The van der Waals surface area contributed by atoms with Gasteiger partial charge in [-0.3, -0.25) is 0 Å². The number of pyridine rings is 1. The number of piperidine rings is 1. The fourth-order valence-corrected chi connectivity index (χ4v) is 3.86. The van der Waals surface area contributed by atoms with Gasteiger partial charge in [-0.2, -0.15) is 0 Å². The number of aliphatic hydroxyl groups is 1. The van der Waals surface area contributed by atoms with Crippen molar-refractivity contribution in [2.45, 2.75) is 44.3 Å². The van der Waals surface area contributed by atoms with Crippen LogP contribution in [0.5, 0.6) is 0 Å². The maximum atomic E-state index is 12.5. The Labute approximate surface area is 146 Å². The van der Waals surface area contributed by atoms with Crippen molar-refractivity contribution in [3.63, 3.8) is 0 Å². The summed E-state index contributed by atoms with van der Waals surface area (Å²) in [5, 5.41) is 12.9. The first-order valence-corrected chi connectivity index (χ1v) is 8.86. The Morgan fingerprint density at radius 3 is 3.00 bits per heavy atom. The minimum Gasteiger partial charge on any atom is -0.393 e. The van der Waals surface area contributed by atoms with E-state index in [1.165, 1.54) is 0 Å². The fraction of sp³-hybridized carbons (Fsp3) is 0.556. The third-order valence-electron chi connectivity index (χ3n) is 5.26. The highest BCUT2D eigenvalue weighted by Crippen LogP contribution is 2.35. The highest BCUT2D eigenvalue weighted by Gasteiger charge is 2.40. The van der Waals surface area contributed by atoms with Gasteiger partial charge in [-0.15, -0.1) is 0 Å². The van der Waals surface area contributed by atoms with Gasteiger partial charge in [0.15, 0.2) is 0 Å². The number of rotatable bonds is 1. The summed E-state index contributed by atoms with van der Waals surface area (Å²) in [4.78, 5) is 18.8. The summed E-state index contributed by atoms with van der Waals surface area (Å²) < 4.78 is 7.88. The van der Waals surface area contributed by atoms with Gasteiger partial charge < -0.3 is 24.5 Å². The van der Waals surface area contributed by atoms with Gasteiger partial charge in [0.1, 0.15) is 5.65 Å².